The zero-order chi connectivity index (χ0) is 22.8. The summed E-state index contributed by atoms with van der Waals surface area (Å²) in [7, 11) is 0. The van der Waals surface area contributed by atoms with Crippen LogP contribution in [0.5, 0.6) is 5.75 Å². The number of nitrogens with one attached hydrogen (secondary N) is 1. The van der Waals surface area contributed by atoms with E-state index in [-0.39, 0.29) is 11.9 Å². The van der Waals surface area contributed by atoms with Gasteiger partial charge in [-0.1, -0.05) is 42.8 Å². The molecule has 172 valence electrons. The van der Waals surface area contributed by atoms with Crippen LogP contribution >= 0.6 is 0 Å². The van der Waals surface area contributed by atoms with E-state index in [4.69, 9.17) is 4.74 Å². The Balaban J connectivity index is 1.22. The van der Waals surface area contributed by atoms with Crippen molar-refractivity contribution in [3.05, 3.63) is 65.2 Å². The maximum atomic E-state index is 13.1. The Morgan fingerprint density at radius 1 is 1.12 bits per heavy atom. The van der Waals surface area contributed by atoms with E-state index in [1.807, 2.05) is 12.1 Å². The van der Waals surface area contributed by atoms with E-state index >= 15 is 0 Å². The molecule has 5 rings (SSSR count). The number of carbonyl (C=O) groups excluding carboxylic acids is 2. The lowest BCUT2D eigenvalue weighted by Crippen LogP contribution is -2.37. The van der Waals surface area contributed by atoms with Crippen molar-refractivity contribution in [2.75, 3.05) is 25.0 Å². The molecule has 0 bridgehead atoms. The summed E-state index contributed by atoms with van der Waals surface area (Å²) < 4.78 is 5.48. The predicted molar refractivity (Wildman–Crippen MR) is 130 cm³/mol. The van der Waals surface area contributed by atoms with Gasteiger partial charge in [0.05, 0.1) is 5.41 Å². The van der Waals surface area contributed by atoms with Crippen molar-refractivity contribution in [3.8, 4) is 5.75 Å². The molecular weight excluding hydrogens is 412 g/mol. The van der Waals surface area contributed by atoms with E-state index in [1.54, 1.807) is 0 Å². The van der Waals surface area contributed by atoms with Gasteiger partial charge in [0, 0.05) is 31.3 Å². The molecule has 2 heterocycles. The van der Waals surface area contributed by atoms with Crippen molar-refractivity contribution < 1.29 is 14.3 Å². The fourth-order valence-corrected chi connectivity index (χ4v) is 5.89. The van der Waals surface area contributed by atoms with Gasteiger partial charge in [0.25, 0.3) is 0 Å². The molecule has 1 atom stereocenters. The molecule has 2 aromatic rings. The highest BCUT2D eigenvalue weighted by atomic mass is 16.5. The van der Waals surface area contributed by atoms with Gasteiger partial charge in [0.1, 0.15) is 5.75 Å². The molecule has 0 spiro atoms. The van der Waals surface area contributed by atoms with Gasteiger partial charge in [-0.05, 0) is 73.9 Å². The first kappa shape index (κ1) is 21.9. The zero-order valence-corrected chi connectivity index (χ0v) is 19.4. The number of hydrogen-bond donors (Lipinski definition) is 1. The number of nitrogens with zero attached hydrogens (tertiary/aromatic N) is 1. The number of hydrogen-bond acceptors (Lipinski definition) is 4. The third-order valence-electron chi connectivity index (χ3n) is 7.48. The molecule has 3 aliphatic rings. The van der Waals surface area contributed by atoms with E-state index in [9.17, 15) is 9.59 Å². The van der Waals surface area contributed by atoms with Crippen molar-refractivity contribution >= 4 is 23.1 Å². The van der Waals surface area contributed by atoms with Crippen LogP contribution < -0.4 is 10.1 Å². The van der Waals surface area contributed by atoms with Gasteiger partial charge in [-0.25, -0.2) is 0 Å². The van der Waals surface area contributed by atoms with Gasteiger partial charge in [0.15, 0.2) is 0 Å². The number of benzene rings is 2. The summed E-state index contributed by atoms with van der Waals surface area (Å²) in [5, 5.41) is 3.11. The SMILES string of the molecule is CC(=O)Oc1ccc2c3c1CCCC3(CCCCN1CC=C(c3ccccc3)CC1)C(=O)N2. The number of anilines is 1. The molecule has 2 aliphatic heterocycles. The first-order valence-corrected chi connectivity index (χ1v) is 12.2. The van der Waals surface area contributed by atoms with Crippen LogP contribution in [-0.4, -0.2) is 36.4 Å². The first-order chi connectivity index (χ1) is 16.1. The van der Waals surface area contributed by atoms with Gasteiger partial charge in [-0.15, -0.1) is 0 Å². The van der Waals surface area contributed by atoms with E-state index in [0.29, 0.717) is 5.75 Å². The van der Waals surface area contributed by atoms with E-state index in [0.717, 1.165) is 81.4 Å². The topological polar surface area (TPSA) is 58.6 Å². The molecule has 2 aromatic carbocycles. The number of unbranched alkanes of at least 4 members (excludes halogenated alkanes) is 1. The van der Waals surface area contributed by atoms with Crippen LogP contribution in [0.3, 0.4) is 0 Å². The molecule has 0 fully saturated rings. The van der Waals surface area contributed by atoms with Crippen molar-refractivity contribution in [1.82, 2.24) is 4.90 Å². The van der Waals surface area contributed by atoms with E-state index in [2.05, 4.69) is 46.6 Å². The predicted octanol–water partition coefficient (Wildman–Crippen LogP) is 5.10. The highest BCUT2D eigenvalue weighted by Gasteiger charge is 2.49. The second kappa shape index (κ2) is 9.14. The summed E-state index contributed by atoms with van der Waals surface area (Å²) in [5.41, 5.74) is 5.35. The number of esters is 1. The lowest BCUT2D eigenvalue weighted by molar-refractivity contribution is -0.131. The molecular formula is C28H32N2O3. The van der Waals surface area contributed by atoms with Crippen molar-refractivity contribution in [2.24, 2.45) is 0 Å². The number of ether oxygens (including phenoxy) is 1. The summed E-state index contributed by atoms with van der Waals surface area (Å²) in [6.45, 7) is 4.57. The molecule has 1 N–H and O–H groups in total. The average Bonchev–Trinajstić information content (AvgIpc) is 3.12. The molecule has 5 heteroatoms. The Kier molecular flexibility index (Phi) is 6.07. The molecule has 1 unspecified atom stereocenters. The van der Waals surface area contributed by atoms with E-state index in [1.165, 1.54) is 18.1 Å². The maximum absolute atomic E-state index is 13.1. The van der Waals surface area contributed by atoms with Crippen molar-refractivity contribution in [1.29, 1.82) is 0 Å². The van der Waals surface area contributed by atoms with E-state index < -0.39 is 5.41 Å². The second-order valence-corrected chi connectivity index (χ2v) is 9.55. The largest absolute Gasteiger partial charge is 0.426 e. The second-order valence-electron chi connectivity index (χ2n) is 9.55. The molecule has 0 saturated carbocycles. The van der Waals surface area contributed by atoms with Gasteiger partial charge in [-0.3, -0.25) is 14.5 Å². The first-order valence-electron chi connectivity index (χ1n) is 12.2. The fourth-order valence-electron chi connectivity index (χ4n) is 5.89. The molecule has 0 aromatic heterocycles. The van der Waals surface area contributed by atoms with Gasteiger partial charge >= 0.3 is 5.97 Å². The lowest BCUT2D eigenvalue weighted by Gasteiger charge is -2.34. The Hall–Kier alpha value is -2.92. The summed E-state index contributed by atoms with van der Waals surface area (Å²) in [4.78, 5) is 27.2. The summed E-state index contributed by atoms with van der Waals surface area (Å²) in [6, 6.07) is 14.4. The molecule has 0 radical (unpaired) electrons. The average molecular weight is 445 g/mol. The normalized spacial score (nSPS) is 21.8. The minimum atomic E-state index is -0.471. The van der Waals surface area contributed by atoms with Crippen LogP contribution in [0.2, 0.25) is 0 Å². The zero-order valence-electron chi connectivity index (χ0n) is 19.4. The van der Waals surface area contributed by atoms with Gasteiger partial charge < -0.3 is 10.1 Å². The van der Waals surface area contributed by atoms with Crippen LogP contribution in [0, 0.1) is 0 Å². The molecule has 1 aliphatic carbocycles. The molecule has 1 amide bonds. The van der Waals surface area contributed by atoms with Crippen molar-refractivity contribution in [2.45, 2.75) is 57.3 Å². The summed E-state index contributed by atoms with van der Waals surface area (Å²) >= 11 is 0. The van der Waals surface area contributed by atoms with Crippen molar-refractivity contribution in [3.63, 3.8) is 0 Å². The fraction of sp³-hybridized carbons (Fsp3) is 0.429. The highest BCUT2D eigenvalue weighted by Crippen LogP contribution is 2.52. The van der Waals surface area contributed by atoms with Crippen LogP contribution in [0.1, 0.15) is 62.1 Å². The maximum Gasteiger partial charge on any atom is 0.308 e. The number of rotatable bonds is 7. The van der Waals surface area contributed by atoms with Gasteiger partial charge in [0.2, 0.25) is 5.91 Å². The quantitative estimate of drug-likeness (QED) is 0.367. The monoisotopic (exact) mass is 444 g/mol. The third kappa shape index (κ3) is 4.22. The van der Waals surface area contributed by atoms with Crippen LogP contribution in [0.15, 0.2) is 48.5 Å². The Morgan fingerprint density at radius 3 is 2.73 bits per heavy atom. The Labute approximate surface area is 195 Å². The molecule has 5 nitrogen and oxygen atoms in total. The smallest absolute Gasteiger partial charge is 0.308 e. The lowest BCUT2D eigenvalue weighted by atomic mass is 9.68. The van der Waals surface area contributed by atoms with Gasteiger partial charge in [-0.2, -0.15) is 0 Å². The summed E-state index contributed by atoms with van der Waals surface area (Å²) in [6.07, 6.45) is 9.06. The minimum absolute atomic E-state index is 0.117. The third-order valence-corrected chi connectivity index (χ3v) is 7.48. The van der Waals surface area contributed by atoms with Crippen LogP contribution in [-0.2, 0) is 21.4 Å². The summed E-state index contributed by atoms with van der Waals surface area (Å²) in [5.74, 6) is 0.425. The minimum Gasteiger partial charge on any atom is -0.426 e. The molecule has 33 heavy (non-hydrogen) atoms. The van der Waals surface area contributed by atoms with Crippen LogP contribution in [0.4, 0.5) is 5.69 Å². The Morgan fingerprint density at radius 2 is 1.97 bits per heavy atom. The highest BCUT2D eigenvalue weighted by molar-refractivity contribution is 6.07. The number of amides is 1. The molecule has 0 saturated heterocycles. The Bertz CT molecular complexity index is 1090. The van der Waals surface area contributed by atoms with Crippen LogP contribution in [0.25, 0.3) is 5.57 Å². The number of carbonyl (C=O) groups is 2. The standard InChI is InChI=1S/C28H32N2O3/c1-20(31)33-25-12-11-24-26-23(25)10-7-16-28(26,27(32)29-24)15-5-6-17-30-18-13-22(14-19-30)21-8-3-2-4-9-21/h2-4,8-9,11-13H,5-7,10,14-19H2,1H3,(H,29,32).